The Morgan fingerprint density at radius 3 is 2.79 bits per heavy atom. The van der Waals surface area contributed by atoms with E-state index in [0.717, 1.165) is 10.6 Å². The number of anilines is 1. The molecule has 1 aliphatic rings. The molecule has 19 heavy (non-hydrogen) atoms. The first-order chi connectivity index (χ1) is 9.31. The van der Waals surface area contributed by atoms with Gasteiger partial charge in [-0.05, 0) is 24.5 Å². The first-order valence-electron chi connectivity index (χ1n) is 6.19. The van der Waals surface area contributed by atoms with Gasteiger partial charge in [-0.3, -0.25) is 10.1 Å². The molecule has 1 aliphatic carbocycles. The molecule has 0 bridgehead atoms. The SMILES string of the molecule is O=C(C=Cc1ccccc1)Nc1nnc(C2CC2)s1. The Hall–Kier alpha value is -2.01. The summed E-state index contributed by atoms with van der Waals surface area (Å²) in [5, 5.41) is 12.4. The Morgan fingerprint density at radius 2 is 2.05 bits per heavy atom. The van der Waals surface area contributed by atoms with Gasteiger partial charge in [-0.25, -0.2) is 0 Å². The average molecular weight is 271 g/mol. The van der Waals surface area contributed by atoms with E-state index in [1.54, 1.807) is 6.08 Å². The van der Waals surface area contributed by atoms with Crippen molar-refractivity contribution in [2.45, 2.75) is 18.8 Å². The maximum absolute atomic E-state index is 11.7. The van der Waals surface area contributed by atoms with Crippen LogP contribution in [-0.2, 0) is 4.79 Å². The molecule has 4 nitrogen and oxygen atoms in total. The van der Waals surface area contributed by atoms with E-state index in [0.29, 0.717) is 11.0 Å². The van der Waals surface area contributed by atoms with Gasteiger partial charge in [0.2, 0.25) is 11.0 Å². The number of hydrogen-bond acceptors (Lipinski definition) is 4. The predicted molar refractivity (Wildman–Crippen MR) is 76.0 cm³/mol. The largest absolute Gasteiger partial charge is 0.297 e. The molecule has 1 saturated carbocycles. The minimum Gasteiger partial charge on any atom is -0.297 e. The lowest BCUT2D eigenvalue weighted by atomic mass is 10.2. The summed E-state index contributed by atoms with van der Waals surface area (Å²) in [5.74, 6) is 0.394. The van der Waals surface area contributed by atoms with Crippen molar-refractivity contribution >= 4 is 28.5 Å². The standard InChI is InChI=1S/C14H13N3OS/c18-12(9-6-10-4-2-1-3-5-10)15-14-17-16-13(19-14)11-7-8-11/h1-6,9,11H,7-8H2,(H,15,17,18). The zero-order valence-corrected chi connectivity index (χ0v) is 11.1. The highest BCUT2D eigenvalue weighted by molar-refractivity contribution is 7.15. The molecule has 0 atom stereocenters. The number of amides is 1. The van der Waals surface area contributed by atoms with E-state index in [2.05, 4.69) is 15.5 Å². The second kappa shape index (κ2) is 5.32. The molecule has 0 spiro atoms. The van der Waals surface area contributed by atoms with Gasteiger partial charge in [0.25, 0.3) is 0 Å². The normalized spacial score (nSPS) is 14.7. The number of carbonyl (C=O) groups excluding carboxylic acids is 1. The lowest BCUT2D eigenvalue weighted by Crippen LogP contribution is -2.07. The molecule has 1 N–H and O–H groups in total. The summed E-state index contributed by atoms with van der Waals surface area (Å²) in [7, 11) is 0. The maximum Gasteiger partial charge on any atom is 0.250 e. The van der Waals surface area contributed by atoms with Crippen molar-refractivity contribution in [1.82, 2.24) is 10.2 Å². The number of carbonyl (C=O) groups is 1. The van der Waals surface area contributed by atoms with Crippen LogP contribution in [0.3, 0.4) is 0 Å². The highest BCUT2D eigenvalue weighted by Crippen LogP contribution is 2.41. The summed E-state index contributed by atoms with van der Waals surface area (Å²) in [5.41, 5.74) is 0.994. The second-order valence-electron chi connectivity index (χ2n) is 4.45. The van der Waals surface area contributed by atoms with E-state index in [-0.39, 0.29) is 5.91 Å². The van der Waals surface area contributed by atoms with Crippen molar-refractivity contribution in [3.05, 3.63) is 47.0 Å². The maximum atomic E-state index is 11.7. The molecule has 0 aliphatic heterocycles. The van der Waals surface area contributed by atoms with Gasteiger partial charge in [0.15, 0.2) is 0 Å². The van der Waals surface area contributed by atoms with Gasteiger partial charge in [-0.15, -0.1) is 10.2 Å². The fourth-order valence-corrected chi connectivity index (χ4v) is 2.58. The van der Waals surface area contributed by atoms with Gasteiger partial charge in [0.05, 0.1) is 0 Å². The zero-order valence-electron chi connectivity index (χ0n) is 10.2. The summed E-state index contributed by atoms with van der Waals surface area (Å²) >= 11 is 1.47. The van der Waals surface area contributed by atoms with Crippen LogP contribution < -0.4 is 5.32 Å². The first kappa shape index (κ1) is 12.0. The van der Waals surface area contributed by atoms with Gasteiger partial charge in [-0.1, -0.05) is 41.7 Å². The summed E-state index contributed by atoms with van der Waals surface area (Å²) in [6.07, 6.45) is 5.67. The zero-order chi connectivity index (χ0) is 13.1. The van der Waals surface area contributed by atoms with Crippen molar-refractivity contribution in [1.29, 1.82) is 0 Å². The third-order valence-electron chi connectivity index (χ3n) is 2.82. The Balaban J connectivity index is 1.59. The minimum absolute atomic E-state index is 0.178. The van der Waals surface area contributed by atoms with Crippen LogP contribution in [0.5, 0.6) is 0 Å². The molecular weight excluding hydrogens is 258 g/mol. The van der Waals surface area contributed by atoms with Crippen LogP contribution in [-0.4, -0.2) is 16.1 Å². The third-order valence-corrected chi connectivity index (χ3v) is 3.83. The molecular formula is C14H13N3OS. The summed E-state index contributed by atoms with van der Waals surface area (Å²) in [6.45, 7) is 0. The number of rotatable bonds is 4. The number of nitrogens with one attached hydrogen (secondary N) is 1. The van der Waals surface area contributed by atoms with Crippen molar-refractivity contribution in [2.75, 3.05) is 5.32 Å². The van der Waals surface area contributed by atoms with Gasteiger partial charge >= 0.3 is 0 Å². The van der Waals surface area contributed by atoms with Crippen LogP contribution in [0.2, 0.25) is 0 Å². The summed E-state index contributed by atoms with van der Waals surface area (Å²) in [4.78, 5) is 11.7. The fraction of sp³-hybridized carbons (Fsp3) is 0.214. The molecule has 1 fully saturated rings. The highest BCUT2D eigenvalue weighted by atomic mass is 32.1. The Morgan fingerprint density at radius 1 is 1.26 bits per heavy atom. The molecule has 0 radical (unpaired) electrons. The lowest BCUT2D eigenvalue weighted by molar-refractivity contribution is -0.111. The first-order valence-corrected chi connectivity index (χ1v) is 7.00. The Labute approximate surface area is 115 Å². The Kier molecular flexibility index (Phi) is 3.37. The smallest absolute Gasteiger partial charge is 0.250 e. The van der Waals surface area contributed by atoms with E-state index in [1.165, 1.54) is 30.3 Å². The Bertz CT molecular complexity index is 602. The van der Waals surface area contributed by atoms with Crippen LogP contribution in [0.15, 0.2) is 36.4 Å². The quantitative estimate of drug-likeness (QED) is 0.869. The summed E-state index contributed by atoms with van der Waals surface area (Å²) in [6, 6.07) is 9.70. The van der Waals surface area contributed by atoms with Crippen molar-refractivity contribution in [3.8, 4) is 0 Å². The van der Waals surface area contributed by atoms with Gasteiger partial charge < -0.3 is 0 Å². The third kappa shape index (κ3) is 3.26. The van der Waals surface area contributed by atoms with Crippen molar-refractivity contribution in [3.63, 3.8) is 0 Å². The molecule has 96 valence electrons. The number of benzene rings is 1. The number of hydrogen-bond donors (Lipinski definition) is 1. The van der Waals surface area contributed by atoms with Crippen LogP contribution in [0.25, 0.3) is 6.08 Å². The second-order valence-corrected chi connectivity index (χ2v) is 5.46. The van der Waals surface area contributed by atoms with Crippen molar-refractivity contribution < 1.29 is 4.79 Å². The molecule has 2 aromatic rings. The van der Waals surface area contributed by atoms with Crippen LogP contribution in [0.4, 0.5) is 5.13 Å². The lowest BCUT2D eigenvalue weighted by Gasteiger charge is -1.94. The topological polar surface area (TPSA) is 54.9 Å². The van der Waals surface area contributed by atoms with E-state index >= 15 is 0 Å². The predicted octanol–water partition coefficient (Wildman–Crippen LogP) is 3.07. The molecule has 0 unspecified atom stereocenters. The van der Waals surface area contributed by atoms with Crippen molar-refractivity contribution in [2.24, 2.45) is 0 Å². The highest BCUT2D eigenvalue weighted by Gasteiger charge is 2.27. The van der Waals surface area contributed by atoms with Crippen LogP contribution in [0, 0.1) is 0 Å². The fourth-order valence-electron chi connectivity index (χ4n) is 1.66. The molecule has 0 saturated heterocycles. The summed E-state index contributed by atoms with van der Waals surface area (Å²) < 4.78 is 0. The average Bonchev–Trinajstić information content (AvgIpc) is 3.19. The van der Waals surface area contributed by atoms with Crippen LogP contribution >= 0.6 is 11.3 Å². The molecule has 1 amide bonds. The molecule has 1 aromatic heterocycles. The molecule has 1 aromatic carbocycles. The van der Waals surface area contributed by atoms with E-state index < -0.39 is 0 Å². The van der Waals surface area contributed by atoms with Gasteiger partial charge in [0.1, 0.15) is 5.01 Å². The number of nitrogens with zero attached hydrogens (tertiary/aromatic N) is 2. The molecule has 5 heteroatoms. The van der Waals surface area contributed by atoms with E-state index in [1.807, 2.05) is 30.3 Å². The van der Waals surface area contributed by atoms with Gasteiger partial charge in [0, 0.05) is 12.0 Å². The minimum atomic E-state index is -0.178. The van der Waals surface area contributed by atoms with Crippen LogP contribution in [0.1, 0.15) is 29.3 Å². The molecule has 1 heterocycles. The monoisotopic (exact) mass is 271 g/mol. The van der Waals surface area contributed by atoms with Gasteiger partial charge in [-0.2, -0.15) is 0 Å². The molecule has 3 rings (SSSR count). The van der Waals surface area contributed by atoms with E-state index in [4.69, 9.17) is 0 Å². The number of aromatic nitrogens is 2. The van der Waals surface area contributed by atoms with E-state index in [9.17, 15) is 4.79 Å².